The summed E-state index contributed by atoms with van der Waals surface area (Å²) < 4.78 is 5.42. The van der Waals surface area contributed by atoms with E-state index in [0.29, 0.717) is 13.1 Å². The van der Waals surface area contributed by atoms with Gasteiger partial charge in [-0.15, -0.1) is 24.0 Å². The number of hydrogen-bond donors (Lipinski definition) is 3. The molecule has 4 N–H and O–H groups in total. The molecule has 1 fully saturated rings. The molecular formula is C23H33IN6O2. The highest BCUT2D eigenvalue weighted by molar-refractivity contribution is 14.0. The van der Waals surface area contributed by atoms with Crippen molar-refractivity contribution in [3.63, 3.8) is 0 Å². The number of piperidine rings is 1. The lowest BCUT2D eigenvalue weighted by Crippen LogP contribution is -2.40. The first kappa shape index (κ1) is 25.7. The topological polar surface area (TPSA) is 105 Å². The molecule has 1 saturated heterocycles. The largest absolute Gasteiger partial charge is 0.496 e. The number of carbonyl (C=O) groups is 1. The average Bonchev–Trinajstić information content (AvgIpc) is 2.81. The number of anilines is 1. The summed E-state index contributed by atoms with van der Waals surface area (Å²) >= 11 is 0. The second-order valence-electron chi connectivity index (χ2n) is 7.51. The third kappa shape index (κ3) is 6.98. The van der Waals surface area contributed by atoms with E-state index in [0.717, 1.165) is 61.1 Å². The number of ether oxygens (including phenoxy) is 1. The maximum atomic E-state index is 11.5. The molecule has 1 amide bonds. The molecule has 0 spiro atoms. The lowest BCUT2D eigenvalue weighted by molar-refractivity contribution is -0.122. The Hall–Kier alpha value is -2.56. The van der Waals surface area contributed by atoms with Crippen molar-refractivity contribution >= 4 is 41.7 Å². The van der Waals surface area contributed by atoms with Crippen LogP contribution in [-0.2, 0) is 17.9 Å². The number of guanidine groups is 1. The zero-order chi connectivity index (χ0) is 22.1. The minimum absolute atomic E-state index is 0. The van der Waals surface area contributed by atoms with Crippen LogP contribution >= 0.6 is 24.0 Å². The summed E-state index contributed by atoms with van der Waals surface area (Å²) in [6.45, 7) is 5.46. The number of methoxy groups -OCH3 is 1. The van der Waals surface area contributed by atoms with E-state index in [9.17, 15) is 4.79 Å². The molecule has 2 heterocycles. The second-order valence-corrected chi connectivity index (χ2v) is 7.51. The van der Waals surface area contributed by atoms with Gasteiger partial charge in [0.05, 0.1) is 13.7 Å². The van der Waals surface area contributed by atoms with Crippen LogP contribution in [0, 0.1) is 5.92 Å². The number of aliphatic imine (C=N–C) groups is 1. The summed E-state index contributed by atoms with van der Waals surface area (Å²) in [6.07, 6.45) is 3.34. The first-order chi connectivity index (χ1) is 15.1. The molecule has 1 aromatic heterocycles. The molecule has 1 aromatic carbocycles. The van der Waals surface area contributed by atoms with E-state index < -0.39 is 0 Å². The number of para-hydroxylation sites is 1. The van der Waals surface area contributed by atoms with Crippen molar-refractivity contribution in [1.82, 2.24) is 15.6 Å². The fourth-order valence-electron chi connectivity index (χ4n) is 3.75. The van der Waals surface area contributed by atoms with Crippen LogP contribution in [0.3, 0.4) is 0 Å². The normalized spacial score (nSPS) is 14.4. The van der Waals surface area contributed by atoms with Crippen LogP contribution in [0.5, 0.6) is 5.75 Å². The van der Waals surface area contributed by atoms with Crippen LogP contribution in [0.25, 0.3) is 0 Å². The quantitative estimate of drug-likeness (QED) is 0.264. The summed E-state index contributed by atoms with van der Waals surface area (Å²) in [5, 5.41) is 6.70. The number of halogens is 1. The number of nitrogens with zero attached hydrogens (tertiary/aromatic N) is 3. The number of rotatable bonds is 8. The molecule has 3 rings (SSSR count). The SMILES string of the molecule is CCNC(=NCc1ccccc1OC)NCc1cccnc1N1CCC(C(N)=O)CC1.I. The number of aromatic nitrogens is 1. The minimum atomic E-state index is -0.205. The molecule has 174 valence electrons. The summed E-state index contributed by atoms with van der Waals surface area (Å²) in [6, 6.07) is 11.9. The molecule has 9 heteroatoms. The van der Waals surface area contributed by atoms with Gasteiger partial charge in [0.25, 0.3) is 0 Å². The standard InChI is InChI=1S/C23H32N6O2.HI/c1-3-25-23(27-15-18-7-4-5-9-20(18)31-2)28-16-19-8-6-12-26-22(19)29-13-10-17(11-14-29)21(24)30;/h4-9,12,17H,3,10-11,13-16H2,1-2H3,(H2,24,30)(H2,25,27,28);1H. The van der Waals surface area contributed by atoms with E-state index in [-0.39, 0.29) is 35.8 Å². The van der Waals surface area contributed by atoms with Crippen LogP contribution in [0.4, 0.5) is 5.82 Å². The fourth-order valence-corrected chi connectivity index (χ4v) is 3.75. The van der Waals surface area contributed by atoms with Gasteiger partial charge in [-0.3, -0.25) is 4.79 Å². The van der Waals surface area contributed by atoms with E-state index in [1.54, 1.807) is 13.3 Å². The maximum absolute atomic E-state index is 11.5. The van der Waals surface area contributed by atoms with Crippen LogP contribution in [-0.4, -0.2) is 43.6 Å². The fraction of sp³-hybridized carbons (Fsp3) is 0.435. The van der Waals surface area contributed by atoms with Gasteiger partial charge in [-0.05, 0) is 31.9 Å². The first-order valence-electron chi connectivity index (χ1n) is 10.7. The molecule has 0 unspecified atom stereocenters. The smallest absolute Gasteiger partial charge is 0.220 e. The number of amides is 1. The molecule has 0 aliphatic carbocycles. The van der Waals surface area contributed by atoms with E-state index in [1.165, 1.54) is 0 Å². The highest BCUT2D eigenvalue weighted by atomic mass is 127. The van der Waals surface area contributed by atoms with Gasteiger partial charge in [-0.2, -0.15) is 0 Å². The number of carbonyl (C=O) groups excluding carboxylic acids is 1. The van der Waals surface area contributed by atoms with Crippen LogP contribution in [0.1, 0.15) is 30.9 Å². The van der Waals surface area contributed by atoms with Gasteiger partial charge < -0.3 is 26.0 Å². The molecule has 8 nitrogen and oxygen atoms in total. The molecule has 0 radical (unpaired) electrons. The highest BCUT2D eigenvalue weighted by Gasteiger charge is 2.24. The van der Waals surface area contributed by atoms with Gasteiger partial charge in [0, 0.05) is 49.4 Å². The van der Waals surface area contributed by atoms with E-state index in [4.69, 9.17) is 15.5 Å². The zero-order valence-electron chi connectivity index (χ0n) is 18.7. The lowest BCUT2D eigenvalue weighted by Gasteiger charge is -2.32. The van der Waals surface area contributed by atoms with Crippen molar-refractivity contribution < 1.29 is 9.53 Å². The molecule has 0 bridgehead atoms. The van der Waals surface area contributed by atoms with Crippen molar-refractivity contribution in [3.05, 3.63) is 53.7 Å². The van der Waals surface area contributed by atoms with Gasteiger partial charge in [-0.25, -0.2) is 9.98 Å². The third-order valence-corrected chi connectivity index (χ3v) is 5.45. The molecule has 1 aliphatic rings. The summed E-state index contributed by atoms with van der Waals surface area (Å²) in [4.78, 5) is 23.0. The number of pyridine rings is 1. The Balaban J connectivity index is 0.00000363. The number of benzene rings is 1. The Labute approximate surface area is 207 Å². The number of primary amides is 1. The average molecular weight is 552 g/mol. The predicted octanol–water partition coefficient (Wildman–Crippen LogP) is 2.67. The molecule has 0 atom stereocenters. The Morgan fingerprint density at radius 1 is 1.19 bits per heavy atom. The van der Waals surface area contributed by atoms with Crippen molar-refractivity contribution in [2.45, 2.75) is 32.9 Å². The number of hydrogen-bond acceptors (Lipinski definition) is 5. The minimum Gasteiger partial charge on any atom is -0.496 e. The van der Waals surface area contributed by atoms with Gasteiger partial charge in [0.2, 0.25) is 5.91 Å². The molecule has 0 saturated carbocycles. The van der Waals surface area contributed by atoms with Crippen molar-refractivity contribution in [2.24, 2.45) is 16.6 Å². The van der Waals surface area contributed by atoms with Crippen LogP contribution in [0.2, 0.25) is 0 Å². The summed E-state index contributed by atoms with van der Waals surface area (Å²) in [5.41, 5.74) is 7.58. The summed E-state index contributed by atoms with van der Waals surface area (Å²) in [5.74, 6) is 2.26. The second kappa shape index (κ2) is 13.1. The number of nitrogens with two attached hydrogens (primary N) is 1. The van der Waals surface area contributed by atoms with E-state index in [2.05, 4.69) is 26.6 Å². The van der Waals surface area contributed by atoms with E-state index in [1.807, 2.05) is 37.3 Å². The van der Waals surface area contributed by atoms with Crippen molar-refractivity contribution in [3.8, 4) is 5.75 Å². The van der Waals surface area contributed by atoms with Gasteiger partial charge in [0.1, 0.15) is 11.6 Å². The van der Waals surface area contributed by atoms with Crippen molar-refractivity contribution in [2.75, 3.05) is 31.6 Å². The van der Waals surface area contributed by atoms with E-state index >= 15 is 0 Å². The van der Waals surface area contributed by atoms with Crippen LogP contribution < -0.4 is 26.0 Å². The van der Waals surface area contributed by atoms with Gasteiger partial charge in [-0.1, -0.05) is 24.3 Å². The van der Waals surface area contributed by atoms with Crippen LogP contribution in [0.15, 0.2) is 47.6 Å². The maximum Gasteiger partial charge on any atom is 0.220 e. The molecule has 1 aliphatic heterocycles. The molecule has 2 aromatic rings. The number of nitrogens with one attached hydrogen (secondary N) is 2. The monoisotopic (exact) mass is 552 g/mol. The summed E-state index contributed by atoms with van der Waals surface area (Å²) in [7, 11) is 1.67. The highest BCUT2D eigenvalue weighted by Crippen LogP contribution is 2.24. The Kier molecular flexibility index (Phi) is 10.5. The predicted molar refractivity (Wildman–Crippen MR) is 138 cm³/mol. The molecular weight excluding hydrogens is 519 g/mol. The van der Waals surface area contributed by atoms with Gasteiger partial charge in [0.15, 0.2) is 5.96 Å². The first-order valence-corrected chi connectivity index (χ1v) is 10.7. The van der Waals surface area contributed by atoms with Crippen molar-refractivity contribution in [1.29, 1.82) is 0 Å². The third-order valence-electron chi connectivity index (χ3n) is 5.45. The van der Waals surface area contributed by atoms with Gasteiger partial charge >= 0.3 is 0 Å². The Bertz CT molecular complexity index is 900. The lowest BCUT2D eigenvalue weighted by atomic mass is 9.96. The Morgan fingerprint density at radius 2 is 1.91 bits per heavy atom. The zero-order valence-corrected chi connectivity index (χ0v) is 21.0. The molecule has 32 heavy (non-hydrogen) atoms. The Morgan fingerprint density at radius 3 is 2.59 bits per heavy atom.